The van der Waals surface area contributed by atoms with E-state index in [1.807, 2.05) is 20.8 Å². The summed E-state index contributed by atoms with van der Waals surface area (Å²) in [5.74, 6) is 0.690. The van der Waals surface area contributed by atoms with E-state index in [0.29, 0.717) is 35.2 Å². The lowest BCUT2D eigenvalue weighted by Gasteiger charge is -2.17. The molecule has 0 aromatic heterocycles. The van der Waals surface area contributed by atoms with Gasteiger partial charge in [0.2, 0.25) is 11.8 Å². The van der Waals surface area contributed by atoms with Crippen LogP contribution in [0, 0.1) is 5.41 Å². The van der Waals surface area contributed by atoms with E-state index in [1.54, 1.807) is 12.1 Å². The summed E-state index contributed by atoms with van der Waals surface area (Å²) >= 11 is 6.03. The third kappa shape index (κ3) is 5.92. The lowest BCUT2D eigenvalue weighted by Crippen LogP contribution is -2.35. The van der Waals surface area contributed by atoms with Crippen molar-refractivity contribution in [3.8, 4) is 11.5 Å². The van der Waals surface area contributed by atoms with Gasteiger partial charge in [0, 0.05) is 30.5 Å². The highest BCUT2D eigenvalue weighted by molar-refractivity contribution is 6.32. The van der Waals surface area contributed by atoms with Crippen LogP contribution in [0.25, 0.3) is 0 Å². The lowest BCUT2D eigenvalue weighted by molar-refractivity contribution is -0.128. The third-order valence-electron chi connectivity index (χ3n) is 3.30. The average molecular weight is 357 g/mol. The standard InChI is InChI=1S/C17H25ClN2O4/c1-17(2,3)16(22)19-8-6-7-15(21)20-12-10-13(23-4)11(18)9-14(12)24-5/h9-10H,6-8H2,1-5H3,(H,19,22)(H,20,21). The van der Waals surface area contributed by atoms with Gasteiger partial charge >= 0.3 is 0 Å². The van der Waals surface area contributed by atoms with Gasteiger partial charge < -0.3 is 20.1 Å². The number of carbonyl (C=O) groups excluding carboxylic acids is 2. The Balaban J connectivity index is 2.55. The Morgan fingerprint density at radius 1 is 1.12 bits per heavy atom. The van der Waals surface area contributed by atoms with Crippen LogP contribution in [0.2, 0.25) is 5.02 Å². The summed E-state index contributed by atoms with van der Waals surface area (Å²) in [5, 5.41) is 5.98. The van der Waals surface area contributed by atoms with E-state index in [4.69, 9.17) is 21.1 Å². The quantitative estimate of drug-likeness (QED) is 0.735. The molecule has 0 atom stereocenters. The first-order chi connectivity index (χ1) is 11.2. The van der Waals surface area contributed by atoms with E-state index in [9.17, 15) is 9.59 Å². The summed E-state index contributed by atoms with van der Waals surface area (Å²) in [4.78, 5) is 23.8. The molecule has 0 heterocycles. The van der Waals surface area contributed by atoms with E-state index in [0.717, 1.165) is 0 Å². The van der Waals surface area contributed by atoms with Crippen molar-refractivity contribution in [2.24, 2.45) is 5.41 Å². The molecule has 0 spiro atoms. The van der Waals surface area contributed by atoms with Gasteiger partial charge in [-0.2, -0.15) is 0 Å². The minimum absolute atomic E-state index is 0.0352. The van der Waals surface area contributed by atoms with Crippen molar-refractivity contribution >= 4 is 29.1 Å². The van der Waals surface area contributed by atoms with Crippen molar-refractivity contribution in [3.63, 3.8) is 0 Å². The molecule has 134 valence electrons. The molecule has 0 saturated heterocycles. The zero-order valence-corrected chi connectivity index (χ0v) is 15.5. The molecule has 2 N–H and O–H groups in total. The van der Waals surface area contributed by atoms with Gasteiger partial charge in [-0.3, -0.25) is 9.59 Å². The number of amides is 2. The van der Waals surface area contributed by atoms with Crippen LogP contribution in [-0.4, -0.2) is 32.6 Å². The Labute approximate surface area is 147 Å². The Morgan fingerprint density at radius 3 is 2.29 bits per heavy atom. The van der Waals surface area contributed by atoms with E-state index in [1.165, 1.54) is 14.2 Å². The van der Waals surface area contributed by atoms with Gasteiger partial charge in [-0.25, -0.2) is 0 Å². The van der Waals surface area contributed by atoms with E-state index in [2.05, 4.69) is 10.6 Å². The Morgan fingerprint density at radius 2 is 1.75 bits per heavy atom. The smallest absolute Gasteiger partial charge is 0.225 e. The number of hydrogen-bond donors (Lipinski definition) is 2. The number of halogens is 1. The highest BCUT2D eigenvalue weighted by Crippen LogP contribution is 2.35. The maximum Gasteiger partial charge on any atom is 0.225 e. The summed E-state index contributed by atoms with van der Waals surface area (Å²) in [5.41, 5.74) is 0.0534. The summed E-state index contributed by atoms with van der Waals surface area (Å²) in [6, 6.07) is 3.19. The first-order valence-corrected chi connectivity index (χ1v) is 8.06. The highest BCUT2D eigenvalue weighted by Gasteiger charge is 2.20. The second kappa shape index (κ2) is 8.78. The summed E-state index contributed by atoms with van der Waals surface area (Å²) < 4.78 is 10.3. The van der Waals surface area contributed by atoms with Crippen molar-refractivity contribution in [2.75, 3.05) is 26.1 Å². The van der Waals surface area contributed by atoms with Crippen molar-refractivity contribution < 1.29 is 19.1 Å². The van der Waals surface area contributed by atoms with Crippen LogP contribution in [0.5, 0.6) is 11.5 Å². The molecule has 7 heteroatoms. The fourth-order valence-corrected chi connectivity index (χ4v) is 2.12. The first-order valence-electron chi connectivity index (χ1n) is 7.68. The van der Waals surface area contributed by atoms with E-state index >= 15 is 0 Å². The van der Waals surface area contributed by atoms with Crippen LogP contribution < -0.4 is 20.1 Å². The molecule has 0 fully saturated rings. The fraction of sp³-hybridized carbons (Fsp3) is 0.529. The van der Waals surface area contributed by atoms with Crippen LogP contribution in [0.15, 0.2) is 12.1 Å². The molecule has 0 aliphatic heterocycles. The number of carbonyl (C=O) groups is 2. The largest absolute Gasteiger partial charge is 0.495 e. The SMILES string of the molecule is COc1cc(NC(=O)CCCNC(=O)C(C)(C)C)c(OC)cc1Cl. The zero-order chi connectivity index (χ0) is 18.3. The molecular formula is C17H25ClN2O4. The van der Waals surface area contributed by atoms with Crippen molar-refractivity contribution in [1.29, 1.82) is 0 Å². The topological polar surface area (TPSA) is 76.7 Å². The lowest BCUT2D eigenvalue weighted by atomic mass is 9.96. The number of ether oxygens (including phenoxy) is 2. The molecule has 1 rings (SSSR count). The second-order valence-electron chi connectivity index (χ2n) is 6.34. The van der Waals surface area contributed by atoms with Gasteiger partial charge in [0.25, 0.3) is 0 Å². The van der Waals surface area contributed by atoms with E-state index < -0.39 is 5.41 Å². The van der Waals surface area contributed by atoms with Crippen molar-refractivity contribution in [3.05, 3.63) is 17.2 Å². The van der Waals surface area contributed by atoms with Crippen LogP contribution in [0.3, 0.4) is 0 Å². The molecule has 1 aromatic rings. The molecule has 0 unspecified atom stereocenters. The van der Waals surface area contributed by atoms with Gasteiger partial charge in [-0.15, -0.1) is 0 Å². The molecule has 0 aliphatic rings. The maximum atomic E-state index is 12.1. The molecule has 2 amide bonds. The van der Waals surface area contributed by atoms with Crippen LogP contribution in [0.4, 0.5) is 5.69 Å². The number of rotatable bonds is 7. The molecule has 24 heavy (non-hydrogen) atoms. The predicted molar refractivity (Wildman–Crippen MR) is 94.9 cm³/mol. The molecule has 1 aromatic carbocycles. The number of methoxy groups -OCH3 is 2. The highest BCUT2D eigenvalue weighted by atomic mass is 35.5. The van der Waals surface area contributed by atoms with Gasteiger partial charge in [0.05, 0.1) is 24.9 Å². The Bertz CT molecular complexity index is 597. The minimum atomic E-state index is -0.435. The van der Waals surface area contributed by atoms with E-state index in [-0.39, 0.29) is 18.2 Å². The maximum absolute atomic E-state index is 12.1. The number of benzene rings is 1. The average Bonchev–Trinajstić information content (AvgIpc) is 2.51. The second-order valence-corrected chi connectivity index (χ2v) is 6.75. The summed E-state index contributed by atoms with van der Waals surface area (Å²) in [7, 11) is 2.99. The van der Waals surface area contributed by atoms with Gasteiger partial charge in [0.15, 0.2) is 0 Å². The zero-order valence-electron chi connectivity index (χ0n) is 14.8. The predicted octanol–water partition coefficient (Wildman–Crippen LogP) is 3.24. The number of hydrogen-bond acceptors (Lipinski definition) is 4. The fourth-order valence-electron chi connectivity index (χ4n) is 1.89. The first kappa shape index (κ1) is 20.1. The summed E-state index contributed by atoms with van der Waals surface area (Å²) in [6.07, 6.45) is 0.819. The number of nitrogens with one attached hydrogen (secondary N) is 2. The molecule has 0 saturated carbocycles. The molecule has 0 aliphatic carbocycles. The van der Waals surface area contributed by atoms with Crippen LogP contribution in [-0.2, 0) is 9.59 Å². The molecule has 0 bridgehead atoms. The van der Waals surface area contributed by atoms with Crippen molar-refractivity contribution in [2.45, 2.75) is 33.6 Å². The van der Waals surface area contributed by atoms with Gasteiger partial charge in [-0.1, -0.05) is 32.4 Å². The minimum Gasteiger partial charge on any atom is -0.495 e. The normalized spacial score (nSPS) is 10.9. The molecule has 0 radical (unpaired) electrons. The van der Waals surface area contributed by atoms with Crippen LogP contribution in [0.1, 0.15) is 33.6 Å². The Kier molecular flexibility index (Phi) is 7.35. The molecular weight excluding hydrogens is 332 g/mol. The van der Waals surface area contributed by atoms with Crippen LogP contribution >= 0.6 is 11.6 Å². The third-order valence-corrected chi connectivity index (χ3v) is 3.59. The number of anilines is 1. The van der Waals surface area contributed by atoms with Gasteiger partial charge in [-0.05, 0) is 6.42 Å². The molecule has 6 nitrogen and oxygen atoms in total. The monoisotopic (exact) mass is 356 g/mol. The van der Waals surface area contributed by atoms with Crippen molar-refractivity contribution in [1.82, 2.24) is 5.32 Å². The van der Waals surface area contributed by atoms with Gasteiger partial charge in [0.1, 0.15) is 11.5 Å². The summed E-state index contributed by atoms with van der Waals surface area (Å²) in [6.45, 7) is 5.98. The Hall–Kier alpha value is -1.95.